The first-order valence-corrected chi connectivity index (χ1v) is 8.13. The second-order valence-corrected chi connectivity index (χ2v) is 5.91. The quantitative estimate of drug-likeness (QED) is 0.542. The first kappa shape index (κ1) is 16.6. The molecule has 0 spiro atoms. The Kier molecular flexibility index (Phi) is 4.72. The molecule has 0 saturated carbocycles. The van der Waals surface area contributed by atoms with E-state index < -0.39 is 0 Å². The Hall–Kier alpha value is -3.25. The van der Waals surface area contributed by atoms with Gasteiger partial charge in [0, 0.05) is 37.7 Å². The Balaban J connectivity index is 2.26. The van der Waals surface area contributed by atoms with Crippen LogP contribution in [0.2, 0.25) is 0 Å². The fourth-order valence-corrected chi connectivity index (χ4v) is 2.84. The first-order chi connectivity index (χ1) is 12.1. The van der Waals surface area contributed by atoms with E-state index in [2.05, 4.69) is 23.3 Å². The van der Waals surface area contributed by atoms with Crippen molar-refractivity contribution in [2.45, 2.75) is 0 Å². The van der Waals surface area contributed by atoms with Crippen LogP contribution >= 0.6 is 0 Å². The van der Waals surface area contributed by atoms with Gasteiger partial charge in [-0.15, -0.1) is 6.58 Å². The molecule has 124 valence electrons. The van der Waals surface area contributed by atoms with Gasteiger partial charge >= 0.3 is 0 Å². The second-order valence-electron chi connectivity index (χ2n) is 5.91. The van der Waals surface area contributed by atoms with Gasteiger partial charge < -0.3 is 9.47 Å². The van der Waals surface area contributed by atoms with Gasteiger partial charge in [0.05, 0.1) is 16.8 Å². The van der Waals surface area contributed by atoms with E-state index in [1.165, 1.54) is 0 Å². The molecule has 0 bridgehead atoms. The molecular weight excluding hydrogens is 308 g/mol. The highest BCUT2D eigenvalue weighted by Gasteiger charge is 2.11. The van der Waals surface area contributed by atoms with E-state index >= 15 is 0 Å². The monoisotopic (exact) mass is 328 g/mol. The van der Waals surface area contributed by atoms with Crippen LogP contribution in [0.5, 0.6) is 0 Å². The minimum atomic E-state index is -0.0262. The average Bonchev–Trinajstić information content (AvgIpc) is 2.63. The summed E-state index contributed by atoms with van der Waals surface area (Å²) in [5, 5.41) is 0.971. The van der Waals surface area contributed by atoms with Gasteiger partial charge in [0.25, 0.3) is 5.56 Å². The lowest BCUT2D eigenvalue weighted by molar-refractivity contribution is 0.905. The van der Waals surface area contributed by atoms with Gasteiger partial charge in [0.15, 0.2) is 0 Å². The highest BCUT2D eigenvalue weighted by atomic mass is 16.1. The maximum atomic E-state index is 11.9. The zero-order valence-corrected chi connectivity index (χ0v) is 14.5. The SMILES string of the molecule is C=CCN(C)c1ccc2c(ccc(=O)n2C)c1C#Cc1ccccc1. The molecule has 25 heavy (non-hydrogen) atoms. The molecule has 3 nitrogen and oxygen atoms in total. The van der Waals surface area contributed by atoms with Crippen molar-refractivity contribution in [3.05, 3.63) is 88.7 Å². The van der Waals surface area contributed by atoms with Crippen LogP contribution in [0.4, 0.5) is 5.69 Å². The molecule has 0 aliphatic carbocycles. The summed E-state index contributed by atoms with van der Waals surface area (Å²) in [4.78, 5) is 14.1. The number of fused-ring (bicyclic) bond motifs is 1. The van der Waals surface area contributed by atoms with Crippen LogP contribution in [0.25, 0.3) is 10.9 Å². The van der Waals surface area contributed by atoms with Crippen LogP contribution < -0.4 is 10.5 Å². The molecule has 3 aromatic rings. The van der Waals surface area contributed by atoms with E-state index in [0.29, 0.717) is 0 Å². The lowest BCUT2D eigenvalue weighted by atomic mass is 10.0. The van der Waals surface area contributed by atoms with Crippen molar-refractivity contribution in [2.75, 3.05) is 18.5 Å². The fraction of sp³-hybridized carbons (Fsp3) is 0.136. The van der Waals surface area contributed by atoms with Crippen LogP contribution in [0.3, 0.4) is 0 Å². The highest BCUT2D eigenvalue weighted by molar-refractivity contribution is 5.91. The predicted octanol–water partition coefficient (Wildman–Crippen LogP) is 3.56. The molecule has 3 heteroatoms. The number of rotatable bonds is 3. The molecular formula is C22H20N2O. The zero-order valence-electron chi connectivity index (χ0n) is 14.5. The second kappa shape index (κ2) is 7.11. The van der Waals surface area contributed by atoms with Gasteiger partial charge in [0.1, 0.15) is 0 Å². The normalized spacial score (nSPS) is 10.2. The van der Waals surface area contributed by atoms with Crippen LogP contribution in [-0.2, 0) is 7.05 Å². The Labute approximate surface area is 147 Å². The Morgan fingerprint density at radius 1 is 1.08 bits per heavy atom. The number of aromatic nitrogens is 1. The summed E-state index contributed by atoms with van der Waals surface area (Å²) in [5.41, 5.74) is 3.75. The number of benzene rings is 2. The standard InChI is InChI=1S/C22H20N2O/c1-4-16-23(2)20-13-14-21-19(12-15-22(25)24(21)3)18(20)11-10-17-8-6-5-7-9-17/h4-9,12-15H,1,16H2,2-3H3. The summed E-state index contributed by atoms with van der Waals surface area (Å²) in [6, 6.07) is 17.3. The minimum Gasteiger partial charge on any atom is -0.370 e. The lowest BCUT2D eigenvalue weighted by Gasteiger charge is -2.20. The van der Waals surface area contributed by atoms with Crippen LogP contribution in [0.15, 0.2) is 72.0 Å². The number of likely N-dealkylation sites (N-methyl/N-ethyl adjacent to an activating group) is 1. The third kappa shape index (κ3) is 3.34. The van der Waals surface area contributed by atoms with E-state index in [0.717, 1.165) is 34.3 Å². The Bertz CT molecular complexity index is 1040. The van der Waals surface area contributed by atoms with Crippen LogP contribution in [0.1, 0.15) is 11.1 Å². The molecule has 0 atom stereocenters. The van der Waals surface area contributed by atoms with Crippen molar-refractivity contribution in [1.82, 2.24) is 4.57 Å². The number of pyridine rings is 1. The summed E-state index contributed by atoms with van der Waals surface area (Å²) >= 11 is 0. The average molecular weight is 328 g/mol. The van der Waals surface area contributed by atoms with Gasteiger partial charge in [0.2, 0.25) is 0 Å². The zero-order chi connectivity index (χ0) is 17.8. The molecule has 0 radical (unpaired) electrons. The summed E-state index contributed by atoms with van der Waals surface area (Å²) in [5.74, 6) is 6.55. The van der Waals surface area contributed by atoms with Crippen molar-refractivity contribution in [3.8, 4) is 11.8 Å². The molecule has 3 rings (SSSR count). The largest absolute Gasteiger partial charge is 0.370 e. The fourth-order valence-electron chi connectivity index (χ4n) is 2.84. The van der Waals surface area contributed by atoms with E-state index in [9.17, 15) is 4.79 Å². The molecule has 0 aliphatic heterocycles. The molecule has 0 aliphatic rings. The van der Waals surface area contributed by atoms with E-state index in [-0.39, 0.29) is 5.56 Å². The number of aryl methyl sites for hydroxylation is 1. The molecule has 1 aromatic heterocycles. The van der Waals surface area contributed by atoms with Crippen molar-refractivity contribution in [3.63, 3.8) is 0 Å². The third-order valence-electron chi connectivity index (χ3n) is 4.20. The number of nitrogens with zero attached hydrogens (tertiary/aromatic N) is 2. The summed E-state index contributed by atoms with van der Waals surface area (Å²) < 4.78 is 1.65. The lowest BCUT2D eigenvalue weighted by Crippen LogP contribution is -2.19. The minimum absolute atomic E-state index is 0.0262. The molecule has 0 N–H and O–H groups in total. The molecule has 2 aromatic carbocycles. The van der Waals surface area contributed by atoms with Crippen molar-refractivity contribution in [1.29, 1.82) is 0 Å². The molecule has 0 saturated heterocycles. The maximum Gasteiger partial charge on any atom is 0.250 e. The van der Waals surface area contributed by atoms with Gasteiger partial charge in [-0.25, -0.2) is 0 Å². The molecule has 0 fully saturated rings. The van der Waals surface area contributed by atoms with Gasteiger partial charge in [-0.2, -0.15) is 0 Å². The number of hydrogen-bond donors (Lipinski definition) is 0. The van der Waals surface area contributed by atoms with Gasteiger partial charge in [-0.05, 0) is 30.3 Å². The van der Waals surface area contributed by atoms with E-state index in [1.54, 1.807) is 17.7 Å². The predicted molar refractivity (Wildman–Crippen MR) is 105 cm³/mol. The maximum absolute atomic E-state index is 11.9. The van der Waals surface area contributed by atoms with Crippen molar-refractivity contribution in [2.24, 2.45) is 7.05 Å². The highest BCUT2D eigenvalue weighted by Crippen LogP contribution is 2.27. The van der Waals surface area contributed by atoms with Crippen molar-refractivity contribution < 1.29 is 0 Å². The first-order valence-electron chi connectivity index (χ1n) is 8.13. The van der Waals surface area contributed by atoms with Crippen LogP contribution in [0, 0.1) is 11.8 Å². The Morgan fingerprint density at radius 2 is 1.84 bits per heavy atom. The summed E-state index contributed by atoms with van der Waals surface area (Å²) in [6.07, 6.45) is 1.86. The number of hydrogen-bond acceptors (Lipinski definition) is 2. The van der Waals surface area contributed by atoms with Crippen LogP contribution in [-0.4, -0.2) is 18.2 Å². The van der Waals surface area contributed by atoms with Gasteiger partial charge in [-0.1, -0.05) is 36.1 Å². The summed E-state index contributed by atoms with van der Waals surface area (Å²) in [7, 11) is 3.80. The summed E-state index contributed by atoms with van der Waals surface area (Å²) in [6.45, 7) is 4.53. The van der Waals surface area contributed by atoms with Gasteiger partial charge in [-0.3, -0.25) is 4.79 Å². The molecule has 0 amide bonds. The number of anilines is 1. The topological polar surface area (TPSA) is 25.2 Å². The molecule has 0 unspecified atom stereocenters. The smallest absolute Gasteiger partial charge is 0.250 e. The van der Waals surface area contributed by atoms with E-state index in [4.69, 9.17) is 0 Å². The van der Waals surface area contributed by atoms with E-state index in [1.807, 2.05) is 61.7 Å². The molecule has 1 heterocycles. The van der Waals surface area contributed by atoms with Crippen molar-refractivity contribution >= 4 is 16.6 Å². The third-order valence-corrected chi connectivity index (χ3v) is 4.20. The Morgan fingerprint density at radius 3 is 2.56 bits per heavy atom.